The number of furan rings is 1. The molecule has 0 aliphatic carbocycles. The summed E-state index contributed by atoms with van der Waals surface area (Å²) in [6.45, 7) is 2.51. The monoisotopic (exact) mass is 203 g/mol. The summed E-state index contributed by atoms with van der Waals surface area (Å²) in [6.07, 6.45) is 1.70. The van der Waals surface area contributed by atoms with Crippen LogP contribution >= 0.6 is 0 Å². The molecule has 0 aliphatic rings. The molecule has 15 heavy (non-hydrogen) atoms. The predicted octanol–water partition coefficient (Wildman–Crippen LogP) is 2.18. The Balaban J connectivity index is 2.02. The molecule has 78 valence electrons. The molecule has 4 heteroatoms. The summed E-state index contributed by atoms with van der Waals surface area (Å²) in [5.41, 5.74) is 6.37. The first-order valence-corrected chi connectivity index (χ1v) is 4.75. The third-order valence-electron chi connectivity index (χ3n) is 2.07. The average Bonchev–Trinajstić information content (AvgIpc) is 2.63. The van der Waals surface area contributed by atoms with Gasteiger partial charge in [0.1, 0.15) is 17.3 Å². The summed E-state index contributed by atoms with van der Waals surface area (Å²) < 4.78 is 5.41. The first-order valence-electron chi connectivity index (χ1n) is 4.75. The molecule has 4 nitrogen and oxygen atoms in total. The van der Waals surface area contributed by atoms with Crippen LogP contribution in [0.4, 0.5) is 11.5 Å². The molecule has 0 fully saturated rings. The number of nitrogen functional groups attached to an aromatic ring is 1. The van der Waals surface area contributed by atoms with Crippen molar-refractivity contribution in [2.24, 2.45) is 0 Å². The molecule has 0 saturated carbocycles. The van der Waals surface area contributed by atoms with E-state index in [0.29, 0.717) is 18.1 Å². The van der Waals surface area contributed by atoms with E-state index >= 15 is 0 Å². The molecule has 0 bridgehead atoms. The lowest BCUT2D eigenvalue weighted by Crippen LogP contribution is -2.03. The fourth-order valence-electron chi connectivity index (χ4n) is 1.32. The van der Waals surface area contributed by atoms with Gasteiger partial charge in [0.25, 0.3) is 0 Å². The fraction of sp³-hybridized carbons (Fsp3) is 0.182. The molecule has 2 rings (SSSR count). The van der Waals surface area contributed by atoms with Crippen molar-refractivity contribution >= 4 is 11.5 Å². The van der Waals surface area contributed by atoms with E-state index in [-0.39, 0.29) is 0 Å². The van der Waals surface area contributed by atoms with Gasteiger partial charge in [-0.1, -0.05) is 0 Å². The van der Waals surface area contributed by atoms with Crippen LogP contribution in [0.2, 0.25) is 0 Å². The van der Waals surface area contributed by atoms with Gasteiger partial charge in [0.15, 0.2) is 0 Å². The van der Waals surface area contributed by atoms with Gasteiger partial charge >= 0.3 is 0 Å². The quantitative estimate of drug-likeness (QED) is 0.802. The molecule has 0 amide bonds. The van der Waals surface area contributed by atoms with Gasteiger partial charge in [-0.25, -0.2) is 4.98 Å². The number of nitrogens with one attached hydrogen (secondary N) is 1. The van der Waals surface area contributed by atoms with Gasteiger partial charge in [-0.2, -0.15) is 0 Å². The molecule has 0 unspecified atom stereocenters. The Morgan fingerprint density at radius 1 is 1.40 bits per heavy atom. The highest BCUT2D eigenvalue weighted by Gasteiger charge is 2.01. The van der Waals surface area contributed by atoms with Crippen molar-refractivity contribution in [2.45, 2.75) is 13.5 Å². The maximum absolute atomic E-state index is 5.73. The maximum atomic E-state index is 5.73. The number of hydrogen-bond acceptors (Lipinski definition) is 4. The van der Waals surface area contributed by atoms with E-state index in [1.807, 2.05) is 25.1 Å². The van der Waals surface area contributed by atoms with Crippen LogP contribution in [0.25, 0.3) is 0 Å². The second-order valence-electron chi connectivity index (χ2n) is 3.31. The third kappa shape index (κ3) is 2.28. The zero-order valence-electron chi connectivity index (χ0n) is 8.53. The summed E-state index contributed by atoms with van der Waals surface area (Å²) in [5.74, 6) is 2.46. The summed E-state index contributed by atoms with van der Waals surface area (Å²) in [7, 11) is 0. The van der Waals surface area contributed by atoms with Gasteiger partial charge in [0.05, 0.1) is 12.2 Å². The predicted molar refractivity (Wildman–Crippen MR) is 59.4 cm³/mol. The van der Waals surface area contributed by atoms with Crippen LogP contribution in [0.3, 0.4) is 0 Å². The van der Waals surface area contributed by atoms with Crippen molar-refractivity contribution in [3.63, 3.8) is 0 Å². The number of anilines is 2. The summed E-state index contributed by atoms with van der Waals surface area (Å²) >= 11 is 0. The third-order valence-corrected chi connectivity index (χ3v) is 2.07. The number of hydrogen-bond donors (Lipinski definition) is 2. The largest absolute Gasteiger partial charge is 0.465 e. The minimum Gasteiger partial charge on any atom is -0.465 e. The Morgan fingerprint density at radius 2 is 2.27 bits per heavy atom. The summed E-state index contributed by atoms with van der Waals surface area (Å²) in [5, 5.41) is 3.11. The molecule has 0 spiro atoms. The lowest BCUT2D eigenvalue weighted by atomic mass is 10.4. The van der Waals surface area contributed by atoms with E-state index in [0.717, 1.165) is 11.5 Å². The zero-order chi connectivity index (χ0) is 10.7. The second-order valence-corrected chi connectivity index (χ2v) is 3.31. The molecule has 2 aromatic heterocycles. The van der Waals surface area contributed by atoms with Crippen molar-refractivity contribution in [3.05, 3.63) is 42.0 Å². The highest BCUT2D eigenvalue weighted by atomic mass is 16.3. The topological polar surface area (TPSA) is 64.1 Å². The van der Waals surface area contributed by atoms with E-state index < -0.39 is 0 Å². The Bertz CT molecular complexity index is 451. The van der Waals surface area contributed by atoms with Gasteiger partial charge < -0.3 is 15.5 Å². The van der Waals surface area contributed by atoms with Crippen LogP contribution in [-0.2, 0) is 6.54 Å². The Hall–Kier alpha value is -1.97. The van der Waals surface area contributed by atoms with Gasteiger partial charge in [-0.05, 0) is 31.2 Å². The van der Waals surface area contributed by atoms with Crippen LogP contribution in [0, 0.1) is 6.92 Å². The average molecular weight is 203 g/mol. The fourth-order valence-corrected chi connectivity index (χ4v) is 1.32. The van der Waals surface area contributed by atoms with Crippen LogP contribution in [0.1, 0.15) is 11.5 Å². The lowest BCUT2D eigenvalue weighted by Gasteiger charge is -2.05. The number of nitrogens with zero attached hydrogens (tertiary/aromatic N) is 1. The second kappa shape index (κ2) is 4.04. The number of nitrogens with two attached hydrogens (primary N) is 1. The molecule has 2 aromatic rings. The summed E-state index contributed by atoms with van der Waals surface area (Å²) in [4.78, 5) is 4.12. The van der Waals surface area contributed by atoms with Gasteiger partial charge in [0.2, 0.25) is 0 Å². The van der Waals surface area contributed by atoms with Gasteiger partial charge in [-0.3, -0.25) is 0 Å². The molecular weight excluding hydrogens is 190 g/mol. The minimum absolute atomic E-state index is 0.592. The molecular formula is C11H13N3O. The number of aryl methyl sites for hydroxylation is 1. The van der Waals surface area contributed by atoms with Crippen LogP contribution in [0.5, 0.6) is 0 Å². The van der Waals surface area contributed by atoms with Crippen molar-refractivity contribution in [1.82, 2.24) is 4.98 Å². The molecule has 0 aromatic carbocycles. The minimum atomic E-state index is 0.592. The Kier molecular flexibility index (Phi) is 2.58. The van der Waals surface area contributed by atoms with Crippen molar-refractivity contribution in [1.29, 1.82) is 0 Å². The van der Waals surface area contributed by atoms with Crippen molar-refractivity contribution < 1.29 is 4.42 Å². The molecule has 0 atom stereocenters. The smallest absolute Gasteiger partial charge is 0.149 e. The molecule has 3 N–H and O–H groups in total. The molecule has 0 saturated heterocycles. The SMILES string of the molecule is Cc1ccc(CNc2ncccc2N)o1. The van der Waals surface area contributed by atoms with E-state index in [4.69, 9.17) is 10.2 Å². The molecule has 0 radical (unpaired) electrons. The van der Waals surface area contributed by atoms with Crippen molar-refractivity contribution in [3.8, 4) is 0 Å². The maximum Gasteiger partial charge on any atom is 0.149 e. The first-order chi connectivity index (χ1) is 7.25. The number of rotatable bonds is 3. The van der Waals surface area contributed by atoms with Crippen LogP contribution < -0.4 is 11.1 Å². The molecule has 0 aliphatic heterocycles. The first kappa shape index (κ1) is 9.58. The normalized spacial score (nSPS) is 10.2. The van der Waals surface area contributed by atoms with Crippen LogP contribution in [-0.4, -0.2) is 4.98 Å². The Morgan fingerprint density at radius 3 is 2.93 bits per heavy atom. The Labute approximate surface area is 88.1 Å². The highest BCUT2D eigenvalue weighted by molar-refractivity contribution is 5.60. The summed E-state index contributed by atoms with van der Waals surface area (Å²) in [6, 6.07) is 7.47. The highest BCUT2D eigenvalue weighted by Crippen LogP contribution is 2.15. The van der Waals surface area contributed by atoms with E-state index in [1.165, 1.54) is 0 Å². The van der Waals surface area contributed by atoms with E-state index in [1.54, 1.807) is 12.3 Å². The van der Waals surface area contributed by atoms with E-state index in [2.05, 4.69) is 10.3 Å². The van der Waals surface area contributed by atoms with E-state index in [9.17, 15) is 0 Å². The number of aromatic nitrogens is 1. The number of pyridine rings is 1. The zero-order valence-corrected chi connectivity index (χ0v) is 8.53. The lowest BCUT2D eigenvalue weighted by molar-refractivity contribution is 0.490. The van der Waals surface area contributed by atoms with Crippen molar-refractivity contribution in [2.75, 3.05) is 11.1 Å². The standard InChI is InChI=1S/C11H13N3O/c1-8-4-5-9(15-8)7-14-11-10(12)3-2-6-13-11/h2-6H,7,12H2,1H3,(H,13,14). The van der Waals surface area contributed by atoms with Gasteiger partial charge in [0, 0.05) is 6.20 Å². The van der Waals surface area contributed by atoms with Crippen LogP contribution in [0.15, 0.2) is 34.9 Å². The molecule has 2 heterocycles. The van der Waals surface area contributed by atoms with Gasteiger partial charge in [-0.15, -0.1) is 0 Å².